The molecule has 0 spiro atoms. The molecule has 2 heterocycles. The molecule has 0 unspecified atom stereocenters. The molecule has 5 nitrogen and oxygen atoms in total. The largest absolute Gasteiger partial charge is 0.444 e. The zero-order valence-electron chi connectivity index (χ0n) is 14.2. The zero-order valence-corrected chi connectivity index (χ0v) is 14.2. The lowest BCUT2D eigenvalue weighted by atomic mass is 9.89. The fraction of sp³-hybridized carbons (Fsp3) is 0.556. The third-order valence-electron chi connectivity index (χ3n) is 4.67. The van der Waals surface area contributed by atoms with Crippen molar-refractivity contribution in [3.05, 3.63) is 29.3 Å². The standard InChI is InChI=1S/C18H23N3O2/c1-18(2,3)23-17(22)21-9-8-15-14(11-21)13-7-5-6-12(10-19)16(13)20(15)4/h5-7,14-15H,8-9,11H2,1-4H3/t14-,15-/m1/s1. The molecule has 0 saturated carbocycles. The van der Waals surface area contributed by atoms with E-state index in [-0.39, 0.29) is 12.0 Å². The predicted molar refractivity (Wildman–Crippen MR) is 88.5 cm³/mol. The number of likely N-dealkylation sites (N-methyl/N-ethyl adjacent to an activating group) is 1. The first-order valence-corrected chi connectivity index (χ1v) is 8.05. The Morgan fingerprint density at radius 1 is 1.39 bits per heavy atom. The predicted octanol–water partition coefficient (Wildman–Crippen LogP) is 3.10. The molecule has 23 heavy (non-hydrogen) atoms. The van der Waals surface area contributed by atoms with Crippen LogP contribution in [-0.2, 0) is 4.74 Å². The molecule has 0 aliphatic carbocycles. The van der Waals surface area contributed by atoms with Crippen molar-refractivity contribution in [1.29, 1.82) is 5.26 Å². The first kappa shape index (κ1) is 15.7. The van der Waals surface area contributed by atoms with Crippen molar-refractivity contribution in [3.8, 4) is 6.07 Å². The Labute approximate surface area is 137 Å². The van der Waals surface area contributed by atoms with Crippen LogP contribution in [0.15, 0.2) is 18.2 Å². The third kappa shape index (κ3) is 2.74. The molecule has 3 rings (SSSR count). The van der Waals surface area contributed by atoms with Gasteiger partial charge in [0, 0.05) is 32.1 Å². The van der Waals surface area contributed by atoms with Gasteiger partial charge in [-0.2, -0.15) is 5.26 Å². The summed E-state index contributed by atoms with van der Waals surface area (Å²) in [5.74, 6) is 0.240. The second-order valence-corrected chi connectivity index (χ2v) is 7.35. The summed E-state index contributed by atoms with van der Waals surface area (Å²) in [6.07, 6.45) is 0.642. The summed E-state index contributed by atoms with van der Waals surface area (Å²) in [6.45, 7) is 6.99. The normalized spacial score (nSPS) is 23.1. The molecule has 0 aromatic heterocycles. The molecule has 1 amide bonds. The van der Waals surface area contributed by atoms with E-state index in [0.29, 0.717) is 24.7 Å². The number of likely N-dealkylation sites (tertiary alicyclic amines) is 1. The Balaban J connectivity index is 1.85. The van der Waals surface area contributed by atoms with Crippen molar-refractivity contribution in [2.24, 2.45) is 0 Å². The molecule has 2 atom stereocenters. The molecule has 0 radical (unpaired) electrons. The second-order valence-electron chi connectivity index (χ2n) is 7.35. The van der Waals surface area contributed by atoms with E-state index in [1.165, 1.54) is 5.56 Å². The number of rotatable bonds is 0. The second kappa shape index (κ2) is 5.45. The number of carbonyl (C=O) groups is 1. The highest BCUT2D eigenvalue weighted by atomic mass is 16.6. The third-order valence-corrected chi connectivity index (χ3v) is 4.67. The Kier molecular flexibility index (Phi) is 3.71. The number of benzene rings is 1. The van der Waals surface area contributed by atoms with Crippen LogP contribution in [0.2, 0.25) is 0 Å². The van der Waals surface area contributed by atoms with Gasteiger partial charge < -0.3 is 14.5 Å². The maximum Gasteiger partial charge on any atom is 0.410 e. The SMILES string of the molecule is CN1c2c(C#N)cccc2[C@H]2CN(C(=O)OC(C)(C)C)CC[C@H]21. The van der Waals surface area contributed by atoms with Crippen molar-refractivity contribution in [2.75, 3.05) is 25.0 Å². The van der Waals surface area contributed by atoms with Gasteiger partial charge in [-0.25, -0.2) is 4.79 Å². The summed E-state index contributed by atoms with van der Waals surface area (Å²) in [4.78, 5) is 16.4. The summed E-state index contributed by atoms with van der Waals surface area (Å²) in [5, 5.41) is 9.36. The van der Waals surface area contributed by atoms with Crippen molar-refractivity contribution in [3.63, 3.8) is 0 Å². The maximum atomic E-state index is 12.4. The number of para-hydroxylation sites is 1. The fourth-order valence-electron chi connectivity index (χ4n) is 3.71. The minimum absolute atomic E-state index is 0.240. The van der Waals surface area contributed by atoms with Crippen LogP contribution in [-0.4, -0.2) is 42.8 Å². The number of nitrogens with zero attached hydrogens (tertiary/aromatic N) is 3. The monoisotopic (exact) mass is 313 g/mol. The van der Waals surface area contributed by atoms with Gasteiger partial charge in [0.15, 0.2) is 0 Å². The molecule has 2 aliphatic heterocycles. The van der Waals surface area contributed by atoms with Crippen LogP contribution < -0.4 is 4.90 Å². The highest BCUT2D eigenvalue weighted by molar-refractivity contribution is 5.72. The molecule has 1 fully saturated rings. The number of amides is 1. The van der Waals surface area contributed by atoms with E-state index in [0.717, 1.165) is 12.1 Å². The number of ether oxygens (including phenoxy) is 1. The number of carbonyl (C=O) groups excluding carboxylic acids is 1. The fourth-order valence-corrected chi connectivity index (χ4v) is 3.71. The van der Waals surface area contributed by atoms with E-state index in [2.05, 4.69) is 17.0 Å². The quantitative estimate of drug-likeness (QED) is 0.738. The zero-order chi connectivity index (χ0) is 16.8. The topological polar surface area (TPSA) is 56.6 Å². The Bertz CT molecular complexity index is 672. The minimum atomic E-state index is -0.480. The average Bonchev–Trinajstić information content (AvgIpc) is 2.78. The van der Waals surface area contributed by atoms with E-state index in [9.17, 15) is 10.1 Å². The van der Waals surface area contributed by atoms with Crippen molar-refractivity contribution < 1.29 is 9.53 Å². The number of hydrogen-bond donors (Lipinski definition) is 0. The number of nitriles is 1. The first-order valence-electron chi connectivity index (χ1n) is 8.05. The van der Waals surface area contributed by atoms with Crippen molar-refractivity contribution >= 4 is 11.8 Å². The lowest BCUT2D eigenvalue weighted by molar-refractivity contribution is 0.0190. The number of hydrogen-bond acceptors (Lipinski definition) is 4. The van der Waals surface area contributed by atoms with Crippen LogP contribution in [0.4, 0.5) is 10.5 Å². The highest BCUT2D eigenvalue weighted by Crippen LogP contribution is 2.45. The van der Waals surface area contributed by atoms with Gasteiger partial charge in [0.2, 0.25) is 0 Å². The van der Waals surface area contributed by atoms with Crippen molar-refractivity contribution in [2.45, 2.75) is 44.8 Å². The van der Waals surface area contributed by atoms with E-state index < -0.39 is 5.60 Å². The van der Waals surface area contributed by atoms with Gasteiger partial charge >= 0.3 is 6.09 Å². The molecule has 5 heteroatoms. The van der Waals surface area contributed by atoms with E-state index in [1.54, 1.807) is 4.90 Å². The lowest BCUT2D eigenvalue weighted by Crippen LogP contribution is -2.48. The maximum absolute atomic E-state index is 12.4. The summed E-state index contributed by atoms with van der Waals surface area (Å²) in [6, 6.07) is 8.50. The molecule has 0 N–H and O–H groups in total. The van der Waals surface area contributed by atoms with Crippen LogP contribution in [0.1, 0.15) is 44.2 Å². The molecule has 1 aromatic rings. The molecule has 1 saturated heterocycles. The number of anilines is 1. The van der Waals surface area contributed by atoms with Crippen LogP contribution in [0.25, 0.3) is 0 Å². The van der Waals surface area contributed by atoms with Gasteiger partial charge in [0.25, 0.3) is 0 Å². The van der Waals surface area contributed by atoms with Gasteiger partial charge in [-0.05, 0) is 38.8 Å². The van der Waals surface area contributed by atoms with Crippen LogP contribution >= 0.6 is 0 Å². The summed E-state index contributed by atoms with van der Waals surface area (Å²) in [5.41, 5.74) is 2.43. The Morgan fingerprint density at radius 2 is 2.13 bits per heavy atom. The summed E-state index contributed by atoms with van der Waals surface area (Å²) >= 11 is 0. The summed E-state index contributed by atoms with van der Waals surface area (Å²) < 4.78 is 5.51. The first-order chi connectivity index (χ1) is 10.8. The molecular formula is C18H23N3O2. The van der Waals surface area contributed by atoms with Gasteiger partial charge in [-0.3, -0.25) is 0 Å². The van der Waals surface area contributed by atoms with Gasteiger partial charge in [0.05, 0.1) is 11.3 Å². The van der Waals surface area contributed by atoms with E-state index in [1.807, 2.05) is 40.0 Å². The van der Waals surface area contributed by atoms with Gasteiger partial charge in [-0.1, -0.05) is 12.1 Å². The molecule has 0 bridgehead atoms. The summed E-state index contributed by atoms with van der Waals surface area (Å²) in [7, 11) is 2.05. The molecule has 1 aromatic carbocycles. The van der Waals surface area contributed by atoms with Gasteiger partial charge in [0.1, 0.15) is 11.7 Å². The lowest BCUT2D eigenvalue weighted by Gasteiger charge is -2.38. The molecule has 2 aliphatic rings. The van der Waals surface area contributed by atoms with Crippen LogP contribution in [0, 0.1) is 11.3 Å². The number of piperidine rings is 1. The van der Waals surface area contributed by atoms with Crippen LogP contribution in [0.3, 0.4) is 0 Å². The Morgan fingerprint density at radius 3 is 2.78 bits per heavy atom. The average molecular weight is 313 g/mol. The van der Waals surface area contributed by atoms with Gasteiger partial charge in [-0.15, -0.1) is 0 Å². The Hall–Kier alpha value is -2.22. The van der Waals surface area contributed by atoms with Crippen LogP contribution in [0.5, 0.6) is 0 Å². The minimum Gasteiger partial charge on any atom is -0.444 e. The highest BCUT2D eigenvalue weighted by Gasteiger charge is 2.43. The molecular weight excluding hydrogens is 290 g/mol. The number of fused-ring (bicyclic) bond motifs is 3. The van der Waals surface area contributed by atoms with E-state index in [4.69, 9.17) is 4.74 Å². The molecule has 122 valence electrons. The van der Waals surface area contributed by atoms with E-state index >= 15 is 0 Å². The van der Waals surface area contributed by atoms with Crippen molar-refractivity contribution in [1.82, 2.24) is 4.90 Å². The smallest absolute Gasteiger partial charge is 0.410 e.